The Balaban J connectivity index is 2.22. The highest BCUT2D eigenvalue weighted by Gasteiger charge is 2.22. The molecule has 1 atom stereocenters. The van der Waals surface area contributed by atoms with Crippen LogP contribution in [0.2, 0.25) is 0 Å². The van der Waals surface area contributed by atoms with Gasteiger partial charge in [-0.1, -0.05) is 65.8 Å². The van der Waals surface area contributed by atoms with Crippen LogP contribution in [-0.2, 0) is 22.5 Å². The van der Waals surface area contributed by atoms with E-state index in [1.807, 2.05) is 65.6 Å². The highest BCUT2D eigenvalue weighted by atomic mass is 16.5. The van der Waals surface area contributed by atoms with Crippen molar-refractivity contribution >= 4 is 5.97 Å². The molecular formula is C20H24N4O2. The van der Waals surface area contributed by atoms with E-state index in [-0.39, 0.29) is 25.1 Å². The Morgan fingerprint density at radius 3 is 2.31 bits per heavy atom. The van der Waals surface area contributed by atoms with Gasteiger partial charge in [-0.2, -0.15) is 0 Å². The average molecular weight is 352 g/mol. The Hall–Kier alpha value is -2.82. The minimum absolute atomic E-state index is 0.0992. The van der Waals surface area contributed by atoms with Gasteiger partial charge >= 0.3 is 5.97 Å². The van der Waals surface area contributed by atoms with Crippen LogP contribution in [0.25, 0.3) is 10.4 Å². The molecule has 0 heterocycles. The first-order valence-electron chi connectivity index (χ1n) is 8.71. The molecule has 26 heavy (non-hydrogen) atoms. The van der Waals surface area contributed by atoms with Crippen molar-refractivity contribution in [2.45, 2.75) is 25.9 Å². The molecule has 0 saturated carbocycles. The van der Waals surface area contributed by atoms with Crippen LogP contribution in [-0.4, -0.2) is 36.6 Å². The van der Waals surface area contributed by atoms with Crippen molar-refractivity contribution in [3.8, 4) is 0 Å². The van der Waals surface area contributed by atoms with Gasteiger partial charge in [0.25, 0.3) is 0 Å². The summed E-state index contributed by atoms with van der Waals surface area (Å²) in [6.45, 7) is 3.16. The minimum Gasteiger partial charge on any atom is -0.465 e. The van der Waals surface area contributed by atoms with E-state index in [1.54, 1.807) is 6.92 Å². The Morgan fingerprint density at radius 1 is 1.12 bits per heavy atom. The monoisotopic (exact) mass is 352 g/mol. The van der Waals surface area contributed by atoms with Crippen LogP contribution >= 0.6 is 0 Å². The van der Waals surface area contributed by atoms with Gasteiger partial charge in [0.1, 0.15) is 0 Å². The zero-order valence-corrected chi connectivity index (χ0v) is 15.0. The molecule has 0 saturated heterocycles. The number of carbonyl (C=O) groups is 1. The lowest BCUT2D eigenvalue weighted by molar-refractivity contribution is -0.145. The van der Waals surface area contributed by atoms with Gasteiger partial charge in [-0.15, -0.1) is 0 Å². The molecule has 0 radical (unpaired) electrons. The second kappa shape index (κ2) is 10.9. The molecule has 0 fully saturated rings. The molecule has 136 valence electrons. The number of azide groups is 1. The van der Waals surface area contributed by atoms with Gasteiger partial charge < -0.3 is 4.74 Å². The van der Waals surface area contributed by atoms with Gasteiger partial charge in [-0.3, -0.25) is 9.69 Å². The van der Waals surface area contributed by atoms with Gasteiger partial charge in [0.15, 0.2) is 0 Å². The topological polar surface area (TPSA) is 78.3 Å². The fourth-order valence-corrected chi connectivity index (χ4v) is 2.83. The van der Waals surface area contributed by atoms with Gasteiger partial charge in [-0.05, 0) is 30.0 Å². The first-order chi connectivity index (χ1) is 12.7. The minimum atomic E-state index is -0.276. The zero-order chi connectivity index (χ0) is 18.6. The molecular weight excluding hydrogens is 328 g/mol. The van der Waals surface area contributed by atoms with E-state index in [1.165, 1.54) is 0 Å². The molecule has 6 heteroatoms. The van der Waals surface area contributed by atoms with Crippen molar-refractivity contribution < 1.29 is 9.53 Å². The molecule has 0 N–H and O–H groups in total. The number of rotatable bonds is 10. The summed E-state index contributed by atoms with van der Waals surface area (Å²) in [6.07, 6.45) is 0.687. The van der Waals surface area contributed by atoms with E-state index < -0.39 is 0 Å². The Bertz CT molecular complexity index is 715. The maximum Gasteiger partial charge on any atom is 0.320 e. The van der Waals surface area contributed by atoms with Gasteiger partial charge in [0, 0.05) is 24.0 Å². The van der Waals surface area contributed by atoms with Crippen LogP contribution in [0.15, 0.2) is 65.8 Å². The number of hydrogen-bond acceptors (Lipinski definition) is 4. The molecule has 0 bridgehead atoms. The molecule has 2 aromatic carbocycles. The highest BCUT2D eigenvalue weighted by molar-refractivity contribution is 5.71. The van der Waals surface area contributed by atoms with Crippen LogP contribution < -0.4 is 0 Å². The Kier molecular flexibility index (Phi) is 8.19. The predicted octanol–water partition coefficient (Wildman–Crippen LogP) is 3.97. The second-order valence-corrected chi connectivity index (χ2v) is 5.95. The number of carbonyl (C=O) groups excluding carboxylic acids is 1. The molecule has 2 aromatic rings. The zero-order valence-electron chi connectivity index (χ0n) is 15.0. The summed E-state index contributed by atoms with van der Waals surface area (Å²) in [6, 6.07) is 19.8. The highest BCUT2D eigenvalue weighted by Crippen LogP contribution is 2.14. The van der Waals surface area contributed by atoms with E-state index in [9.17, 15) is 4.79 Å². The normalized spacial score (nSPS) is 11.6. The summed E-state index contributed by atoms with van der Waals surface area (Å²) in [5.41, 5.74) is 11.0. The molecule has 0 aliphatic carbocycles. The van der Waals surface area contributed by atoms with Crippen LogP contribution in [0.5, 0.6) is 0 Å². The lowest BCUT2D eigenvalue weighted by Crippen LogP contribution is -2.42. The van der Waals surface area contributed by atoms with Crippen LogP contribution in [0.1, 0.15) is 18.1 Å². The number of hydrogen-bond donors (Lipinski definition) is 0. The van der Waals surface area contributed by atoms with Crippen molar-refractivity contribution in [1.82, 2.24) is 4.90 Å². The second-order valence-electron chi connectivity index (χ2n) is 5.95. The summed E-state index contributed by atoms with van der Waals surface area (Å²) in [7, 11) is 0. The van der Waals surface area contributed by atoms with Gasteiger partial charge in [0.05, 0.1) is 13.2 Å². The number of esters is 1. The lowest BCUT2D eigenvalue weighted by Gasteiger charge is -2.30. The van der Waals surface area contributed by atoms with Gasteiger partial charge in [-0.25, -0.2) is 0 Å². The van der Waals surface area contributed by atoms with Crippen molar-refractivity contribution in [2.75, 3.05) is 19.7 Å². The summed E-state index contributed by atoms with van der Waals surface area (Å²) in [5, 5.41) is 3.77. The third-order valence-electron chi connectivity index (χ3n) is 4.05. The number of nitrogens with zero attached hydrogens (tertiary/aromatic N) is 4. The standard InChI is InChI=1S/C20H24N4O2/c1-2-26-20(25)16-24(15-18-11-7-4-8-12-18)19(14-22-23-21)13-17-9-5-3-6-10-17/h3-12,19H,2,13-16H2,1H3. The Labute approximate surface area is 154 Å². The Morgan fingerprint density at radius 2 is 1.73 bits per heavy atom. The maximum absolute atomic E-state index is 12.1. The molecule has 6 nitrogen and oxygen atoms in total. The third-order valence-corrected chi connectivity index (χ3v) is 4.05. The summed E-state index contributed by atoms with van der Waals surface area (Å²) in [5.74, 6) is -0.276. The van der Waals surface area contributed by atoms with Crippen molar-refractivity contribution in [2.24, 2.45) is 5.11 Å². The van der Waals surface area contributed by atoms with Crippen LogP contribution in [0.4, 0.5) is 0 Å². The van der Waals surface area contributed by atoms with E-state index >= 15 is 0 Å². The quantitative estimate of drug-likeness (QED) is 0.281. The molecule has 0 aliphatic heterocycles. The molecule has 2 rings (SSSR count). The summed E-state index contributed by atoms with van der Waals surface area (Å²) in [4.78, 5) is 17.0. The third kappa shape index (κ3) is 6.59. The fourth-order valence-electron chi connectivity index (χ4n) is 2.83. The smallest absolute Gasteiger partial charge is 0.320 e. The molecule has 0 spiro atoms. The molecule has 0 aliphatic rings. The van der Waals surface area contributed by atoms with Crippen molar-refractivity contribution in [1.29, 1.82) is 0 Å². The van der Waals surface area contributed by atoms with E-state index in [4.69, 9.17) is 10.3 Å². The molecule has 0 aromatic heterocycles. The van der Waals surface area contributed by atoms with Crippen LogP contribution in [0.3, 0.4) is 0 Å². The first kappa shape index (κ1) is 19.5. The summed E-state index contributed by atoms with van der Waals surface area (Å²) >= 11 is 0. The average Bonchev–Trinajstić information content (AvgIpc) is 2.66. The van der Waals surface area contributed by atoms with E-state index in [0.717, 1.165) is 11.1 Å². The van der Waals surface area contributed by atoms with E-state index in [0.29, 0.717) is 19.6 Å². The van der Waals surface area contributed by atoms with Crippen molar-refractivity contribution in [3.63, 3.8) is 0 Å². The fraction of sp³-hybridized carbons (Fsp3) is 0.350. The number of benzene rings is 2. The number of ether oxygens (including phenoxy) is 1. The van der Waals surface area contributed by atoms with Gasteiger partial charge in [0.2, 0.25) is 0 Å². The maximum atomic E-state index is 12.1. The SMILES string of the molecule is CCOC(=O)CN(Cc1ccccc1)C(CN=[N+]=[N-])Cc1ccccc1. The predicted molar refractivity (Wildman–Crippen MR) is 101 cm³/mol. The van der Waals surface area contributed by atoms with Crippen LogP contribution in [0, 0.1) is 0 Å². The molecule has 0 amide bonds. The van der Waals surface area contributed by atoms with E-state index in [2.05, 4.69) is 10.0 Å². The largest absolute Gasteiger partial charge is 0.465 e. The lowest BCUT2D eigenvalue weighted by atomic mass is 10.0. The van der Waals surface area contributed by atoms with Crippen molar-refractivity contribution in [3.05, 3.63) is 82.2 Å². The first-order valence-corrected chi connectivity index (χ1v) is 8.71. The summed E-state index contributed by atoms with van der Waals surface area (Å²) < 4.78 is 5.13. The molecule has 1 unspecified atom stereocenters.